The smallest absolute Gasteiger partial charge is 0.290 e. The highest BCUT2D eigenvalue weighted by Gasteiger charge is 2.42. The summed E-state index contributed by atoms with van der Waals surface area (Å²) in [6.07, 6.45) is 4.01. The van der Waals surface area contributed by atoms with Gasteiger partial charge in [0, 0.05) is 24.0 Å². The van der Waals surface area contributed by atoms with Gasteiger partial charge in [0.2, 0.25) is 5.76 Å². The van der Waals surface area contributed by atoms with Crippen molar-refractivity contribution in [1.82, 2.24) is 9.88 Å². The maximum atomic E-state index is 13.4. The number of hydrogen-bond acceptors (Lipinski definition) is 4. The minimum atomic E-state index is -0.551. The largest absolute Gasteiger partial charge is 0.450 e. The lowest BCUT2D eigenvalue weighted by Crippen LogP contribution is -2.31. The zero-order valence-electron chi connectivity index (χ0n) is 15.9. The number of hydrogen-bond donors (Lipinski definition) is 0. The SMILES string of the molecule is O=C1c2oc3ccc(Cl)cc3c(=O)c2[C@@H](c2cccnc2)N1CCc1ccccc1. The van der Waals surface area contributed by atoms with Crippen LogP contribution in [0.15, 0.2) is 82.3 Å². The van der Waals surface area contributed by atoms with Crippen LogP contribution in [0, 0.1) is 0 Å². The molecule has 4 aromatic rings. The lowest BCUT2D eigenvalue weighted by molar-refractivity contribution is 0.0730. The van der Waals surface area contributed by atoms with E-state index in [0.717, 1.165) is 11.1 Å². The van der Waals surface area contributed by atoms with Crippen molar-refractivity contribution in [3.8, 4) is 0 Å². The standard InChI is InChI=1S/C24H17ClN2O3/c25-17-8-9-19-18(13-17)22(28)20-21(16-7-4-11-26-14-16)27(24(29)23(20)30-19)12-10-15-5-2-1-3-6-15/h1-9,11,13-14,21H,10,12H2/t21-/m1/s1. The van der Waals surface area contributed by atoms with Gasteiger partial charge in [0.15, 0.2) is 5.43 Å². The predicted octanol–water partition coefficient (Wildman–Crippen LogP) is 4.63. The van der Waals surface area contributed by atoms with Crippen molar-refractivity contribution in [2.45, 2.75) is 12.5 Å². The van der Waals surface area contributed by atoms with E-state index in [1.165, 1.54) is 0 Å². The molecule has 0 saturated carbocycles. The van der Waals surface area contributed by atoms with Gasteiger partial charge in [0.05, 0.1) is 17.0 Å². The Kier molecular flexibility index (Phi) is 4.60. The highest BCUT2D eigenvalue weighted by atomic mass is 35.5. The van der Waals surface area contributed by atoms with Crippen molar-refractivity contribution in [3.05, 3.63) is 111 Å². The summed E-state index contributed by atoms with van der Waals surface area (Å²) in [5, 5.41) is 0.811. The third-order valence-electron chi connectivity index (χ3n) is 5.41. The molecule has 0 unspecified atom stereocenters. The van der Waals surface area contributed by atoms with E-state index < -0.39 is 6.04 Å². The van der Waals surface area contributed by atoms with Crippen LogP contribution in [-0.2, 0) is 6.42 Å². The van der Waals surface area contributed by atoms with E-state index in [1.807, 2.05) is 36.4 Å². The summed E-state index contributed by atoms with van der Waals surface area (Å²) in [7, 11) is 0. The number of aromatic nitrogens is 1. The summed E-state index contributed by atoms with van der Waals surface area (Å²) >= 11 is 6.10. The molecule has 1 atom stereocenters. The van der Waals surface area contributed by atoms with Crippen LogP contribution in [0.1, 0.15) is 33.3 Å². The first-order valence-electron chi connectivity index (χ1n) is 9.64. The molecule has 0 saturated heterocycles. The third kappa shape index (κ3) is 3.08. The molecule has 2 aromatic heterocycles. The average Bonchev–Trinajstić information content (AvgIpc) is 3.06. The van der Waals surface area contributed by atoms with E-state index in [1.54, 1.807) is 41.6 Å². The molecule has 5 rings (SSSR count). The molecule has 1 amide bonds. The van der Waals surface area contributed by atoms with Crippen LogP contribution in [0.2, 0.25) is 5.02 Å². The monoisotopic (exact) mass is 416 g/mol. The van der Waals surface area contributed by atoms with Crippen molar-refractivity contribution in [1.29, 1.82) is 0 Å². The zero-order valence-corrected chi connectivity index (χ0v) is 16.7. The van der Waals surface area contributed by atoms with Crippen LogP contribution in [0.25, 0.3) is 11.0 Å². The van der Waals surface area contributed by atoms with Gasteiger partial charge in [-0.1, -0.05) is 48.0 Å². The van der Waals surface area contributed by atoms with E-state index in [0.29, 0.717) is 34.5 Å². The van der Waals surface area contributed by atoms with E-state index in [2.05, 4.69) is 4.98 Å². The van der Waals surface area contributed by atoms with Crippen LogP contribution in [0.3, 0.4) is 0 Å². The van der Waals surface area contributed by atoms with Gasteiger partial charge in [-0.25, -0.2) is 0 Å². The van der Waals surface area contributed by atoms with Crippen molar-refractivity contribution in [2.75, 3.05) is 6.54 Å². The lowest BCUT2D eigenvalue weighted by Gasteiger charge is -2.24. The molecule has 148 valence electrons. The molecular formula is C24H17ClN2O3. The molecule has 0 fully saturated rings. The Bertz CT molecular complexity index is 1300. The lowest BCUT2D eigenvalue weighted by atomic mass is 9.99. The van der Waals surface area contributed by atoms with Crippen molar-refractivity contribution >= 4 is 28.5 Å². The molecule has 1 aliphatic rings. The fraction of sp³-hybridized carbons (Fsp3) is 0.125. The van der Waals surface area contributed by atoms with E-state index in [9.17, 15) is 9.59 Å². The molecule has 3 heterocycles. The van der Waals surface area contributed by atoms with E-state index in [4.69, 9.17) is 16.0 Å². The Morgan fingerprint density at radius 2 is 1.87 bits per heavy atom. The van der Waals surface area contributed by atoms with Gasteiger partial charge in [-0.3, -0.25) is 14.6 Å². The van der Waals surface area contributed by atoms with E-state index in [-0.39, 0.29) is 17.1 Å². The highest BCUT2D eigenvalue weighted by Crippen LogP contribution is 2.38. The Morgan fingerprint density at radius 3 is 2.63 bits per heavy atom. The molecule has 0 radical (unpaired) electrons. The molecule has 2 aromatic carbocycles. The predicted molar refractivity (Wildman–Crippen MR) is 115 cm³/mol. The number of fused-ring (bicyclic) bond motifs is 2. The fourth-order valence-corrected chi connectivity index (χ4v) is 4.17. The molecule has 0 spiro atoms. The number of carbonyl (C=O) groups is 1. The van der Waals surface area contributed by atoms with Gasteiger partial charge in [-0.05, 0) is 41.8 Å². The molecule has 6 heteroatoms. The first-order chi connectivity index (χ1) is 14.6. The Labute approximate surface area is 177 Å². The summed E-state index contributed by atoms with van der Waals surface area (Å²) in [4.78, 5) is 32.6. The van der Waals surface area contributed by atoms with E-state index >= 15 is 0 Å². The van der Waals surface area contributed by atoms with Crippen molar-refractivity contribution < 1.29 is 9.21 Å². The second-order valence-electron chi connectivity index (χ2n) is 7.24. The molecule has 0 bridgehead atoms. The molecule has 1 aliphatic heterocycles. The van der Waals surface area contributed by atoms with Crippen molar-refractivity contribution in [3.63, 3.8) is 0 Å². The highest BCUT2D eigenvalue weighted by molar-refractivity contribution is 6.31. The Morgan fingerprint density at radius 1 is 1.03 bits per heavy atom. The van der Waals surface area contributed by atoms with Crippen LogP contribution in [0.4, 0.5) is 0 Å². The average molecular weight is 417 g/mol. The van der Waals surface area contributed by atoms with Crippen LogP contribution in [-0.4, -0.2) is 22.3 Å². The first kappa shape index (κ1) is 18.6. The van der Waals surface area contributed by atoms with Gasteiger partial charge in [0.1, 0.15) is 5.58 Å². The quantitative estimate of drug-likeness (QED) is 0.486. The minimum Gasteiger partial charge on any atom is -0.450 e. The van der Waals surface area contributed by atoms with Gasteiger partial charge in [-0.2, -0.15) is 0 Å². The zero-order chi connectivity index (χ0) is 20.7. The van der Waals surface area contributed by atoms with Gasteiger partial charge < -0.3 is 9.32 Å². The maximum absolute atomic E-state index is 13.4. The third-order valence-corrected chi connectivity index (χ3v) is 5.65. The minimum absolute atomic E-state index is 0.0942. The molecular weight excluding hydrogens is 400 g/mol. The number of carbonyl (C=O) groups excluding carboxylic acids is 1. The topological polar surface area (TPSA) is 63.4 Å². The van der Waals surface area contributed by atoms with Gasteiger partial charge in [0.25, 0.3) is 5.91 Å². The molecule has 5 nitrogen and oxygen atoms in total. The first-order valence-corrected chi connectivity index (χ1v) is 10.0. The van der Waals surface area contributed by atoms with Crippen LogP contribution >= 0.6 is 11.6 Å². The number of pyridine rings is 1. The molecule has 30 heavy (non-hydrogen) atoms. The summed E-state index contributed by atoms with van der Waals surface area (Å²) < 4.78 is 5.92. The molecule has 0 N–H and O–H groups in total. The number of benzene rings is 2. The van der Waals surface area contributed by atoms with Gasteiger partial charge >= 0.3 is 0 Å². The number of amides is 1. The van der Waals surface area contributed by atoms with Crippen LogP contribution in [0.5, 0.6) is 0 Å². The Hall–Kier alpha value is -3.44. The Balaban J connectivity index is 1.65. The number of halogens is 1. The van der Waals surface area contributed by atoms with Crippen molar-refractivity contribution in [2.24, 2.45) is 0 Å². The fourth-order valence-electron chi connectivity index (χ4n) is 4.00. The summed E-state index contributed by atoms with van der Waals surface area (Å²) in [6, 6.07) is 17.9. The number of rotatable bonds is 4. The van der Waals surface area contributed by atoms with Gasteiger partial charge in [-0.15, -0.1) is 0 Å². The second-order valence-corrected chi connectivity index (χ2v) is 7.67. The number of nitrogens with zero attached hydrogens (tertiary/aromatic N) is 2. The molecule has 0 aliphatic carbocycles. The normalized spacial score (nSPS) is 15.6. The maximum Gasteiger partial charge on any atom is 0.290 e. The summed E-state index contributed by atoms with van der Waals surface area (Å²) in [5.41, 5.74) is 2.34. The summed E-state index contributed by atoms with van der Waals surface area (Å²) in [5.74, 6) is -0.194. The summed E-state index contributed by atoms with van der Waals surface area (Å²) in [6.45, 7) is 0.448. The van der Waals surface area contributed by atoms with Crippen LogP contribution < -0.4 is 5.43 Å². The second kappa shape index (κ2) is 7.43.